The summed E-state index contributed by atoms with van der Waals surface area (Å²) in [6, 6.07) is 11.0. The smallest absolute Gasteiger partial charge is 0.311 e. The molecule has 2 aromatic heterocycles. The average Bonchev–Trinajstić information content (AvgIpc) is 3.36. The minimum absolute atomic E-state index is 0.0681. The van der Waals surface area contributed by atoms with Crippen LogP contribution in [-0.2, 0) is 0 Å². The molecule has 1 aliphatic carbocycles. The number of hydrogen-bond donors (Lipinski definition) is 2. The molecule has 2 fully saturated rings. The summed E-state index contributed by atoms with van der Waals surface area (Å²) >= 11 is 1.75. The molecule has 0 radical (unpaired) electrons. The van der Waals surface area contributed by atoms with Crippen molar-refractivity contribution in [1.82, 2.24) is 9.97 Å². The van der Waals surface area contributed by atoms with Crippen LogP contribution in [0, 0.1) is 10.1 Å². The highest BCUT2D eigenvalue weighted by Gasteiger charge is 2.22. The van der Waals surface area contributed by atoms with Gasteiger partial charge < -0.3 is 15.3 Å². The van der Waals surface area contributed by atoms with Gasteiger partial charge in [0.1, 0.15) is 5.82 Å². The number of aliphatic hydroxyl groups excluding tert-OH is 1. The predicted molar refractivity (Wildman–Crippen MR) is 135 cm³/mol. The van der Waals surface area contributed by atoms with Crippen LogP contribution in [0.3, 0.4) is 0 Å². The summed E-state index contributed by atoms with van der Waals surface area (Å²) in [4.78, 5) is 22.7. The Balaban J connectivity index is 1.32. The van der Waals surface area contributed by atoms with E-state index in [0.717, 1.165) is 16.9 Å². The lowest BCUT2D eigenvalue weighted by Crippen LogP contribution is -2.36. The fourth-order valence-electron chi connectivity index (χ4n) is 4.77. The second-order valence-corrected chi connectivity index (χ2v) is 10.0. The maximum atomic E-state index is 11.6. The molecule has 5 rings (SSSR count). The zero-order valence-electron chi connectivity index (χ0n) is 19.0. The first-order chi connectivity index (χ1) is 16.6. The van der Waals surface area contributed by atoms with Crippen LogP contribution < -0.4 is 10.2 Å². The molecule has 34 heavy (non-hydrogen) atoms. The normalized spacial score (nSPS) is 17.6. The van der Waals surface area contributed by atoms with Crippen molar-refractivity contribution in [2.24, 2.45) is 0 Å². The molecular weight excluding hydrogens is 450 g/mol. The molecule has 1 aliphatic heterocycles. The van der Waals surface area contributed by atoms with E-state index >= 15 is 0 Å². The SMILES string of the molecule is O=[N+]([O-])c1ccc(N2CCC(O)CC2)nc1Nc1ccc(-c2csc(C3CCCCC3)n2)cc1. The molecule has 9 heteroatoms. The lowest BCUT2D eigenvalue weighted by molar-refractivity contribution is -0.384. The summed E-state index contributed by atoms with van der Waals surface area (Å²) in [5.41, 5.74) is 2.68. The lowest BCUT2D eigenvalue weighted by atomic mass is 9.90. The number of aliphatic hydroxyl groups is 1. The van der Waals surface area contributed by atoms with Gasteiger partial charge in [0.2, 0.25) is 5.82 Å². The molecule has 8 nitrogen and oxygen atoms in total. The molecule has 0 unspecified atom stereocenters. The van der Waals surface area contributed by atoms with Crippen LogP contribution >= 0.6 is 11.3 Å². The van der Waals surface area contributed by atoms with Crippen molar-refractivity contribution in [2.45, 2.75) is 57.0 Å². The van der Waals surface area contributed by atoms with E-state index in [1.807, 2.05) is 24.3 Å². The van der Waals surface area contributed by atoms with E-state index in [1.165, 1.54) is 43.2 Å². The van der Waals surface area contributed by atoms with Crippen molar-refractivity contribution < 1.29 is 10.0 Å². The summed E-state index contributed by atoms with van der Waals surface area (Å²) < 4.78 is 0. The molecule has 3 aromatic rings. The van der Waals surface area contributed by atoms with Crippen LogP contribution in [0.1, 0.15) is 55.9 Å². The van der Waals surface area contributed by atoms with Gasteiger partial charge in [0.05, 0.1) is 21.7 Å². The van der Waals surface area contributed by atoms with E-state index in [1.54, 1.807) is 17.4 Å². The molecular formula is C25H29N5O3S. The monoisotopic (exact) mass is 479 g/mol. The van der Waals surface area contributed by atoms with Crippen molar-refractivity contribution in [3.05, 3.63) is 56.9 Å². The molecule has 2 aliphatic rings. The van der Waals surface area contributed by atoms with Crippen molar-refractivity contribution in [3.8, 4) is 11.3 Å². The van der Waals surface area contributed by atoms with Gasteiger partial charge in [-0.3, -0.25) is 10.1 Å². The van der Waals surface area contributed by atoms with Crippen molar-refractivity contribution in [1.29, 1.82) is 0 Å². The molecule has 1 saturated carbocycles. The van der Waals surface area contributed by atoms with E-state index in [9.17, 15) is 15.2 Å². The standard InChI is InChI=1S/C25H29N5O3S/c31-20-12-14-29(15-13-20)23-11-10-22(30(32)33)24(28-23)26-19-8-6-17(7-9-19)21-16-34-25(27-21)18-4-2-1-3-5-18/h6-11,16,18,20,31H,1-5,12-15H2,(H,26,28). The van der Waals surface area contributed by atoms with E-state index < -0.39 is 4.92 Å². The summed E-state index contributed by atoms with van der Waals surface area (Å²) in [5.74, 6) is 1.49. The fraction of sp³-hybridized carbons (Fsp3) is 0.440. The van der Waals surface area contributed by atoms with Crippen LogP contribution in [0.25, 0.3) is 11.3 Å². The summed E-state index contributed by atoms with van der Waals surface area (Å²) in [6.07, 6.45) is 7.44. The highest BCUT2D eigenvalue weighted by atomic mass is 32.1. The largest absolute Gasteiger partial charge is 0.393 e. The average molecular weight is 480 g/mol. The molecule has 0 atom stereocenters. The predicted octanol–water partition coefficient (Wildman–Crippen LogP) is 5.87. The van der Waals surface area contributed by atoms with Crippen LogP contribution in [0.5, 0.6) is 0 Å². The van der Waals surface area contributed by atoms with Crippen LogP contribution in [0.4, 0.5) is 23.0 Å². The summed E-state index contributed by atoms with van der Waals surface area (Å²) in [5, 5.41) is 27.8. The zero-order valence-corrected chi connectivity index (χ0v) is 19.8. The van der Waals surface area contributed by atoms with E-state index in [-0.39, 0.29) is 17.6 Å². The van der Waals surface area contributed by atoms with Gasteiger partial charge in [-0.25, -0.2) is 9.97 Å². The first kappa shape index (κ1) is 22.7. The number of piperidine rings is 1. The maximum Gasteiger partial charge on any atom is 0.311 e. The third kappa shape index (κ3) is 5.05. The Kier molecular flexibility index (Phi) is 6.73. The highest BCUT2D eigenvalue weighted by molar-refractivity contribution is 7.10. The lowest BCUT2D eigenvalue weighted by Gasteiger charge is -2.30. The number of benzene rings is 1. The molecule has 0 amide bonds. The van der Waals surface area contributed by atoms with Crippen molar-refractivity contribution >= 4 is 34.3 Å². The second-order valence-electron chi connectivity index (χ2n) is 9.12. The molecule has 1 aromatic carbocycles. The van der Waals surface area contributed by atoms with Gasteiger partial charge in [-0.2, -0.15) is 0 Å². The number of anilines is 3. The Morgan fingerprint density at radius 3 is 2.44 bits per heavy atom. The van der Waals surface area contributed by atoms with Gasteiger partial charge in [0.15, 0.2) is 0 Å². The van der Waals surface area contributed by atoms with E-state index in [4.69, 9.17) is 4.98 Å². The van der Waals surface area contributed by atoms with Gasteiger partial charge in [0.25, 0.3) is 0 Å². The quantitative estimate of drug-likeness (QED) is 0.337. The number of hydrogen-bond acceptors (Lipinski definition) is 8. The van der Waals surface area contributed by atoms with E-state index in [0.29, 0.717) is 37.7 Å². The van der Waals surface area contributed by atoms with E-state index in [2.05, 4.69) is 20.6 Å². The van der Waals surface area contributed by atoms with Crippen molar-refractivity contribution in [2.75, 3.05) is 23.3 Å². The fourth-order valence-corrected chi connectivity index (χ4v) is 5.77. The third-order valence-corrected chi connectivity index (χ3v) is 7.77. The third-order valence-electron chi connectivity index (χ3n) is 6.76. The Bertz CT molecular complexity index is 1140. The minimum atomic E-state index is -0.421. The molecule has 2 N–H and O–H groups in total. The molecule has 1 saturated heterocycles. The number of nitro groups is 1. The molecule has 3 heterocycles. The van der Waals surface area contributed by atoms with Gasteiger partial charge in [-0.05, 0) is 43.9 Å². The molecule has 178 valence electrons. The molecule has 0 bridgehead atoms. The number of rotatable bonds is 6. The Morgan fingerprint density at radius 1 is 1.00 bits per heavy atom. The van der Waals surface area contributed by atoms with Crippen molar-refractivity contribution in [3.63, 3.8) is 0 Å². The number of thiazole rings is 1. The number of aromatic nitrogens is 2. The second kappa shape index (κ2) is 10.1. The number of nitrogens with zero attached hydrogens (tertiary/aromatic N) is 4. The first-order valence-corrected chi connectivity index (χ1v) is 12.9. The van der Waals surface area contributed by atoms with Crippen LogP contribution in [0.15, 0.2) is 41.8 Å². The van der Waals surface area contributed by atoms with Crippen LogP contribution in [-0.4, -0.2) is 39.2 Å². The number of pyridine rings is 1. The highest BCUT2D eigenvalue weighted by Crippen LogP contribution is 2.36. The zero-order chi connectivity index (χ0) is 23.5. The summed E-state index contributed by atoms with van der Waals surface area (Å²) in [7, 11) is 0. The van der Waals surface area contributed by atoms with Gasteiger partial charge in [-0.15, -0.1) is 11.3 Å². The van der Waals surface area contributed by atoms with Crippen LogP contribution in [0.2, 0.25) is 0 Å². The summed E-state index contributed by atoms with van der Waals surface area (Å²) in [6.45, 7) is 1.35. The first-order valence-electron chi connectivity index (χ1n) is 12.0. The van der Waals surface area contributed by atoms with Gasteiger partial charge in [0, 0.05) is 41.7 Å². The Morgan fingerprint density at radius 2 is 1.74 bits per heavy atom. The minimum Gasteiger partial charge on any atom is -0.393 e. The van der Waals surface area contributed by atoms with Gasteiger partial charge in [-0.1, -0.05) is 31.4 Å². The maximum absolute atomic E-state index is 11.6. The molecule has 0 spiro atoms. The Labute approximate surface area is 202 Å². The topological polar surface area (TPSA) is 104 Å². The number of nitrogens with one attached hydrogen (secondary N) is 1. The Hall–Kier alpha value is -3.04. The van der Waals surface area contributed by atoms with Gasteiger partial charge >= 0.3 is 5.69 Å².